The highest BCUT2D eigenvalue weighted by Gasteiger charge is 2.07. The molecule has 1 aromatic heterocycles. The summed E-state index contributed by atoms with van der Waals surface area (Å²) < 4.78 is 1.09. The monoisotopic (exact) mass is 279 g/mol. The zero-order chi connectivity index (χ0) is 9.84. The maximum absolute atomic E-state index is 11.2. The minimum Gasteiger partial charge on any atom is -0.341 e. The van der Waals surface area contributed by atoms with Crippen molar-refractivity contribution in [3.8, 4) is 0 Å². The van der Waals surface area contributed by atoms with Crippen LogP contribution in [0.4, 0.5) is 0 Å². The van der Waals surface area contributed by atoms with Crippen LogP contribution in [0.5, 0.6) is 0 Å². The number of thiophene rings is 1. The van der Waals surface area contributed by atoms with E-state index in [-0.39, 0.29) is 11.7 Å². The molecule has 2 nitrogen and oxygen atoms in total. The Bertz CT molecular complexity index is 300. The predicted octanol–water partition coefficient (Wildman–Crippen LogP) is 2.40. The van der Waals surface area contributed by atoms with Gasteiger partial charge in [-0.3, -0.25) is 4.79 Å². The molecule has 0 spiro atoms. The summed E-state index contributed by atoms with van der Waals surface area (Å²) in [5, 5.41) is 2.03. The van der Waals surface area contributed by atoms with E-state index in [1.165, 1.54) is 0 Å². The van der Waals surface area contributed by atoms with Crippen LogP contribution < -0.4 is 0 Å². The molecule has 0 aromatic carbocycles. The summed E-state index contributed by atoms with van der Waals surface area (Å²) in [6, 6.07) is 2.02. The summed E-state index contributed by atoms with van der Waals surface area (Å²) in [5.74, 6) is 0.313. The second kappa shape index (κ2) is 5.02. The SMILES string of the molecule is CN(Cc1csc(Br)c1)C(=O)CS. The van der Waals surface area contributed by atoms with Gasteiger partial charge in [-0.2, -0.15) is 12.6 Å². The lowest BCUT2D eigenvalue weighted by molar-refractivity contribution is -0.127. The van der Waals surface area contributed by atoms with Crippen LogP contribution in [-0.4, -0.2) is 23.6 Å². The Balaban J connectivity index is 2.54. The van der Waals surface area contributed by atoms with E-state index in [1.54, 1.807) is 23.3 Å². The molecular formula is C8H10BrNOS2. The van der Waals surface area contributed by atoms with Crippen LogP contribution >= 0.6 is 39.9 Å². The highest BCUT2D eigenvalue weighted by atomic mass is 79.9. The summed E-state index contributed by atoms with van der Waals surface area (Å²) in [7, 11) is 1.78. The molecule has 0 bridgehead atoms. The fourth-order valence-electron chi connectivity index (χ4n) is 0.911. The maximum atomic E-state index is 11.2. The summed E-state index contributed by atoms with van der Waals surface area (Å²) in [4.78, 5) is 12.8. The molecule has 0 saturated heterocycles. The zero-order valence-electron chi connectivity index (χ0n) is 7.16. The molecule has 1 amide bonds. The first-order valence-corrected chi connectivity index (χ1v) is 6.01. The van der Waals surface area contributed by atoms with Crippen molar-refractivity contribution in [2.75, 3.05) is 12.8 Å². The standard InChI is InChI=1S/C8H10BrNOS2/c1-10(8(11)4-12)3-6-2-7(9)13-5-6/h2,5,12H,3-4H2,1H3. The largest absolute Gasteiger partial charge is 0.341 e. The molecule has 72 valence electrons. The lowest BCUT2D eigenvalue weighted by Crippen LogP contribution is -2.26. The van der Waals surface area contributed by atoms with Crippen molar-refractivity contribution in [3.05, 3.63) is 20.8 Å². The normalized spacial score (nSPS) is 10.1. The van der Waals surface area contributed by atoms with Crippen LogP contribution in [0, 0.1) is 0 Å². The highest BCUT2D eigenvalue weighted by molar-refractivity contribution is 9.11. The average molecular weight is 280 g/mol. The molecule has 0 unspecified atom stereocenters. The highest BCUT2D eigenvalue weighted by Crippen LogP contribution is 2.21. The number of thiol groups is 1. The summed E-state index contributed by atoms with van der Waals surface area (Å²) in [5.41, 5.74) is 1.15. The van der Waals surface area contributed by atoms with Crippen molar-refractivity contribution in [1.29, 1.82) is 0 Å². The number of halogens is 1. The number of hydrogen-bond donors (Lipinski definition) is 1. The van der Waals surface area contributed by atoms with Crippen molar-refractivity contribution in [3.63, 3.8) is 0 Å². The van der Waals surface area contributed by atoms with E-state index in [4.69, 9.17) is 0 Å². The number of rotatable bonds is 3. The third kappa shape index (κ3) is 3.32. The van der Waals surface area contributed by atoms with Gasteiger partial charge in [0.25, 0.3) is 0 Å². The van der Waals surface area contributed by atoms with E-state index >= 15 is 0 Å². The van der Waals surface area contributed by atoms with Crippen molar-refractivity contribution in [2.24, 2.45) is 0 Å². The summed E-state index contributed by atoms with van der Waals surface area (Å²) >= 11 is 8.93. The number of carbonyl (C=O) groups excluding carboxylic acids is 1. The van der Waals surface area contributed by atoms with Crippen molar-refractivity contribution < 1.29 is 4.79 Å². The van der Waals surface area contributed by atoms with Crippen LogP contribution in [-0.2, 0) is 11.3 Å². The van der Waals surface area contributed by atoms with Crippen LogP contribution in [0.1, 0.15) is 5.56 Å². The van der Waals surface area contributed by atoms with Crippen molar-refractivity contribution in [1.82, 2.24) is 4.90 Å². The van der Waals surface area contributed by atoms with Gasteiger partial charge in [0, 0.05) is 13.6 Å². The molecule has 0 aliphatic carbocycles. The van der Waals surface area contributed by atoms with E-state index in [2.05, 4.69) is 28.6 Å². The van der Waals surface area contributed by atoms with E-state index in [0.29, 0.717) is 6.54 Å². The molecule has 0 radical (unpaired) electrons. The van der Waals surface area contributed by atoms with Crippen LogP contribution in [0.15, 0.2) is 15.2 Å². The number of carbonyl (C=O) groups is 1. The van der Waals surface area contributed by atoms with Gasteiger partial charge in [0.15, 0.2) is 0 Å². The topological polar surface area (TPSA) is 20.3 Å². The van der Waals surface area contributed by atoms with Gasteiger partial charge in [-0.05, 0) is 32.9 Å². The van der Waals surface area contributed by atoms with E-state index in [9.17, 15) is 4.79 Å². The quantitative estimate of drug-likeness (QED) is 0.843. The fraction of sp³-hybridized carbons (Fsp3) is 0.375. The number of nitrogens with zero attached hydrogens (tertiary/aromatic N) is 1. The number of amides is 1. The molecule has 0 fully saturated rings. The van der Waals surface area contributed by atoms with Crippen molar-refractivity contribution in [2.45, 2.75) is 6.54 Å². The summed E-state index contributed by atoms with van der Waals surface area (Å²) in [6.07, 6.45) is 0. The Kier molecular flexibility index (Phi) is 4.28. The Morgan fingerprint density at radius 2 is 2.46 bits per heavy atom. The predicted molar refractivity (Wildman–Crippen MR) is 62.3 cm³/mol. The molecule has 0 aliphatic rings. The molecule has 0 N–H and O–H groups in total. The Morgan fingerprint density at radius 1 is 1.77 bits per heavy atom. The first kappa shape index (κ1) is 11.1. The van der Waals surface area contributed by atoms with Crippen LogP contribution in [0.2, 0.25) is 0 Å². The first-order valence-electron chi connectivity index (χ1n) is 3.71. The lowest BCUT2D eigenvalue weighted by Gasteiger charge is -2.14. The maximum Gasteiger partial charge on any atom is 0.232 e. The van der Waals surface area contributed by atoms with Crippen molar-refractivity contribution >= 4 is 45.8 Å². The smallest absolute Gasteiger partial charge is 0.232 e. The van der Waals surface area contributed by atoms with E-state index in [0.717, 1.165) is 9.35 Å². The van der Waals surface area contributed by atoms with Gasteiger partial charge < -0.3 is 4.90 Å². The van der Waals surface area contributed by atoms with Gasteiger partial charge in [0.05, 0.1) is 9.54 Å². The van der Waals surface area contributed by atoms with Gasteiger partial charge in [-0.15, -0.1) is 11.3 Å². The minimum absolute atomic E-state index is 0.0469. The van der Waals surface area contributed by atoms with Gasteiger partial charge in [-0.25, -0.2) is 0 Å². The third-order valence-electron chi connectivity index (χ3n) is 1.60. The second-order valence-corrected chi connectivity index (χ2v) is 5.27. The molecule has 0 saturated carbocycles. The van der Waals surface area contributed by atoms with Crippen LogP contribution in [0.25, 0.3) is 0 Å². The molecule has 13 heavy (non-hydrogen) atoms. The Morgan fingerprint density at radius 3 is 2.92 bits per heavy atom. The average Bonchev–Trinajstić information content (AvgIpc) is 2.49. The van der Waals surface area contributed by atoms with Gasteiger partial charge >= 0.3 is 0 Å². The third-order valence-corrected chi connectivity index (χ3v) is 3.43. The Hall–Kier alpha value is -0.0000000000000000555. The second-order valence-electron chi connectivity index (χ2n) is 2.67. The van der Waals surface area contributed by atoms with Gasteiger partial charge in [-0.1, -0.05) is 0 Å². The Labute approximate surface area is 95.5 Å². The van der Waals surface area contributed by atoms with E-state index in [1.807, 2.05) is 11.4 Å². The molecule has 1 aromatic rings. The minimum atomic E-state index is 0.0469. The lowest BCUT2D eigenvalue weighted by atomic mass is 10.3. The molecule has 1 heterocycles. The zero-order valence-corrected chi connectivity index (χ0v) is 10.5. The fourth-order valence-corrected chi connectivity index (χ4v) is 2.35. The molecular weight excluding hydrogens is 270 g/mol. The molecule has 0 atom stereocenters. The van der Waals surface area contributed by atoms with E-state index < -0.39 is 0 Å². The number of hydrogen-bond acceptors (Lipinski definition) is 3. The van der Waals surface area contributed by atoms with Gasteiger partial charge in [0.1, 0.15) is 0 Å². The molecule has 1 rings (SSSR count). The van der Waals surface area contributed by atoms with Gasteiger partial charge in [0.2, 0.25) is 5.91 Å². The summed E-state index contributed by atoms with van der Waals surface area (Å²) in [6.45, 7) is 0.654. The molecule has 0 aliphatic heterocycles. The van der Waals surface area contributed by atoms with Crippen LogP contribution in [0.3, 0.4) is 0 Å². The molecule has 5 heteroatoms. The first-order chi connectivity index (χ1) is 6.13.